The van der Waals surface area contributed by atoms with Crippen LogP contribution in [0.4, 0.5) is 5.69 Å². The predicted molar refractivity (Wildman–Crippen MR) is 68.4 cm³/mol. The SMILES string of the molecule is CCCC(CN)C(=O)Nc1cccc(CO)c1. The molecule has 0 fully saturated rings. The summed E-state index contributed by atoms with van der Waals surface area (Å²) >= 11 is 0. The molecular formula is C13H20N2O2. The van der Waals surface area contributed by atoms with Crippen LogP contribution in [0.1, 0.15) is 25.3 Å². The Morgan fingerprint density at radius 3 is 2.88 bits per heavy atom. The number of amides is 1. The second-order valence-corrected chi connectivity index (χ2v) is 4.07. The fourth-order valence-electron chi connectivity index (χ4n) is 1.70. The quantitative estimate of drug-likeness (QED) is 0.700. The average Bonchev–Trinajstić information content (AvgIpc) is 2.36. The minimum atomic E-state index is -0.141. The van der Waals surface area contributed by atoms with Gasteiger partial charge in [0.15, 0.2) is 0 Å². The maximum absolute atomic E-state index is 11.9. The molecule has 1 atom stereocenters. The standard InChI is InChI=1S/C13H20N2O2/c1-2-4-11(8-14)13(17)15-12-6-3-5-10(7-12)9-16/h3,5-7,11,16H,2,4,8-9,14H2,1H3,(H,15,17). The van der Waals surface area contributed by atoms with E-state index in [0.717, 1.165) is 18.4 Å². The lowest BCUT2D eigenvalue weighted by molar-refractivity contribution is -0.119. The van der Waals surface area contributed by atoms with E-state index in [1.807, 2.05) is 13.0 Å². The van der Waals surface area contributed by atoms with Crippen molar-refractivity contribution in [2.24, 2.45) is 11.7 Å². The van der Waals surface area contributed by atoms with Gasteiger partial charge >= 0.3 is 0 Å². The Labute approximate surface area is 102 Å². The molecule has 0 aliphatic carbocycles. The third kappa shape index (κ3) is 4.17. The Kier molecular flexibility index (Phi) is 5.66. The molecule has 94 valence electrons. The summed E-state index contributed by atoms with van der Waals surface area (Å²) in [6.45, 7) is 2.36. The zero-order chi connectivity index (χ0) is 12.7. The summed E-state index contributed by atoms with van der Waals surface area (Å²) in [6, 6.07) is 7.18. The highest BCUT2D eigenvalue weighted by Crippen LogP contribution is 2.13. The molecule has 0 aliphatic rings. The lowest BCUT2D eigenvalue weighted by Crippen LogP contribution is -2.29. The molecule has 0 spiro atoms. The van der Waals surface area contributed by atoms with E-state index < -0.39 is 0 Å². The molecule has 0 saturated carbocycles. The number of hydrogen-bond donors (Lipinski definition) is 3. The van der Waals surface area contributed by atoms with Gasteiger partial charge in [0.25, 0.3) is 0 Å². The molecule has 4 nitrogen and oxygen atoms in total. The van der Waals surface area contributed by atoms with Crippen molar-refractivity contribution in [1.82, 2.24) is 0 Å². The van der Waals surface area contributed by atoms with E-state index in [1.165, 1.54) is 0 Å². The second kappa shape index (κ2) is 7.04. The molecule has 1 unspecified atom stereocenters. The number of anilines is 1. The summed E-state index contributed by atoms with van der Waals surface area (Å²) < 4.78 is 0. The Morgan fingerprint density at radius 1 is 1.53 bits per heavy atom. The van der Waals surface area contributed by atoms with Crippen LogP contribution in [0.15, 0.2) is 24.3 Å². The van der Waals surface area contributed by atoms with E-state index in [0.29, 0.717) is 12.2 Å². The number of benzene rings is 1. The van der Waals surface area contributed by atoms with E-state index in [-0.39, 0.29) is 18.4 Å². The van der Waals surface area contributed by atoms with E-state index in [2.05, 4.69) is 5.32 Å². The van der Waals surface area contributed by atoms with Crippen molar-refractivity contribution in [3.8, 4) is 0 Å². The summed E-state index contributed by atoms with van der Waals surface area (Å²) in [6.07, 6.45) is 1.73. The van der Waals surface area contributed by atoms with Crippen LogP contribution < -0.4 is 11.1 Å². The lowest BCUT2D eigenvalue weighted by Gasteiger charge is -2.14. The number of nitrogens with two attached hydrogens (primary N) is 1. The molecule has 0 aliphatic heterocycles. The molecule has 17 heavy (non-hydrogen) atoms. The van der Waals surface area contributed by atoms with E-state index in [4.69, 9.17) is 10.8 Å². The zero-order valence-corrected chi connectivity index (χ0v) is 10.1. The number of carbonyl (C=O) groups is 1. The van der Waals surface area contributed by atoms with E-state index in [1.54, 1.807) is 18.2 Å². The molecular weight excluding hydrogens is 216 g/mol. The topological polar surface area (TPSA) is 75.4 Å². The maximum Gasteiger partial charge on any atom is 0.228 e. The van der Waals surface area contributed by atoms with Crippen LogP contribution in [-0.4, -0.2) is 17.6 Å². The summed E-state index contributed by atoms with van der Waals surface area (Å²) in [5, 5.41) is 11.8. The van der Waals surface area contributed by atoms with Gasteiger partial charge in [0, 0.05) is 12.2 Å². The second-order valence-electron chi connectivity index (χ2n) is 4.07. The highest BCUT2D eigenvalue weighted by Gasteiger charge is 2.15. The van der Waals surface area contributed by atoms with Crippen LogP contribution in [0.3, 0.4) is 0 Å². The number of aliphatic hydroxyl groups is 1. The smallest absolute Gasteiger partial charge is 0.228 e. The molecule has 4 N–H and O–H groups in total. The number of rotatable bonds is 6. The molecule has 0 aromatic heterocycles. The van der Waals surface area contributed by atoms with Crippen LogP contribution in [0.2, 0.25) is 0 Å². The summed E-state index contributed by atoms with van der Waals surface area (Å²) in [7, 11) is 0. The van der Waals surface area contributed by atoms with Crippen molar-refractivity contribution >= 4 is 11.6 Å². The Balaban J connectivity index is 2.65. The van der Waals surface area contributed by atoms with Crippen LogP contribution in [0.5, 0.6) is 0 Å². The largest absolute Gasteiger partial charge is 0.392 e. The predicted octanol–water partition coefficient (Wildman–Crippen LogP) is 1.49. The molecule has 1 amide bonds. The fourth-order valence-corrected chi connectivity index (χ4v) is 1.70. The van der Waals surface area contributed by atoms with Crippen LogP contribution in [-0.2, 0) is 11.4 Å². The van der Waals surface area contributed by atoms with Crippen molar-refractivity contribution in [2.45, 2.75) is 26.4 Å². The van der Waals surface area contributed by atoms with Gasteiger partial charge in [-0.1, -0.05) is 25.5 Å². The number of carbonyl (C=O) groups excluding carboxylic acids is 1. The minimum absolute atomic E-state index is 0.0288. The van der Waals surface area contributed by atoms with Crippen molar-refractivity contribution in [1.29, 1.82) is 0 Å². The van der Waals surface area contributed by atoms with Gasteiger partial charge in [0.1, 0.15) is 0 Å². The summed E-state index contributed by atoms with van der Waals surface area (Å²) in [4.78, 5) is 11.9. The first-order valence-electron chi connectivity index (χ1n) is 5.92. The van der Waals surface area contributed by atoms with Crippen LogP contribution in [0, 0.1) is 5.92 Å². The summed E-state index contributed by atoms with van der Waals surface area (Å²) in [5.74, 6) is -0.192. The van der Waals surface area contributed by atoms with E-state index in [9.17, 15) is 4.79 Å². The van der Waals surface area contributed by atoms with Crippen LogP contribution in [0.25, 0.3) is 0 Å². The monoisotopic (exact) mass is 236 g/mol. The molecule has 1 aromatic carbocycles. The molecule has 4 heteroatoms. The summed E-state index contributed by atoms with van der Waals surface area (Å²) in [5.41, 5.74) is 7.05. The van der Waals surface area contributed by atoms with Gasteiger partial charge in [-0.25, -0.2) is 0 Å². The van der Waals surface area contributed by atoms with Gasteiger partial charge in [0.2, 0.25) is 5.91 Å². The first kappa shape index (κ1) is 13.7. The minimum Gasteiger partial charge on any atom is -0.392 e. The molecule has 0 radical (unpaired) electrons. The third-order valence-corrected chi connectivity index (χ3v) is 2.67. The third-order valence-electron chi connectivity index (χ3n) is 2.67. The first-order chi connectivity index (χ1) is 8.21. The van der Waals surface area contributed by atoms with Crippen molar-refractivity contribution in [2.75, 3.05) is 11.9 Å². The molecule has 0 bridgehead atoms. The molecule has 1 aromatic rings. The molecule has 0 heterocycles. The Morgan fingerprint density at radius 2 is 2.29 bits per heavy atom. The van der Waals surface area contributed by atoms with E-state index >= 15 is 0 Å². The van der Waals surface area contributed by atoms with Crippen molar-refractivity contribution < 1.29 is 9.90 Å². The van der Waals surface area contributed by atoms with Gasteiger partial charge in [0.05, 0.1) is 12.5 Å². The van der Waals surface area contributed by atoms with Gasteiger partial charge in [-0.15, -0.1) is 0 Å². The van der Waals surface area contributed by atoms with Crippen molar-refractivity contribution in [3.63, 3.8) is 0 Å². The van der Waals surface area contributed by atoms with Gasteiger partial charge in [-0.2, -0.15) is 0 Å². The van der Waals surface area contributed by atoms with Gasteiger partial charge < -0.3 is 16.2 Å². The van der Waals surface area contributed by atoms with Crippen molar-refractivity contribution in [3.05, 3.63) is 29.8 Å². The van der Waals surface area contributed by atoms with Gasteiger partial charge in [-0.3, -0.25) is 4.79 Å². The highest BCUT2D eigenvalue weighted by molar-refractivity contribution is 5.92. The zero-order valence-electron chi connectivity index (χ0n) is 10.1. The number of hydrogen-bond acceptors (Lipinski definition) is 3. The number of aliphatic hydroxyl groups excluding tert-OH is 1. The average molecular weight is 236 g/mol. The number of nitrogens with one attached hydrogen (secondary N) is 1. The van der Waals surface area contributed by atoms with Gasteiger partial charge in [-0.05, 0) is 24.1 Å². The lowest BCUT2D eigenvalue weighted by atomic mass is 10.0. The molecule has 0 saturated heterocycles. The molecule has 1 rings (SSSR count). The Bertz CT molecular complexity index is 366. The highest BCUT2D eigenvalue weighted by atomic mass is 16.3. The van der Waals surface area contributed by atoms with Crippen LogP contribution >= 0.6 is 0 Å². The maximum atomic E-state index is 11.9. The Hall–Kier alpha value is -1.39. The first-order valence-corrected chi connectivity index (χ1v) is 5.92. The normalized spacial score (nSPS) is 12.2. The fraction of sp³-hybridized carbons (Fsp3) is 0.462.